The number of hydrogen-bond donors (Lipinski definition) is 2. The van der Waals surface area contributed by atoms with Gasteiger partial charge in [-0.2, -0.15) is 11.8 Å². The summed E-state index contributed by atoms with van der Waals surface area (Å²) in [4.78, 5) is 2.52. The van der Waals surface area contributed by atoms with E-state index in [1.54, 1.807) is 0 Å². The van der Waals surface area contributed by atoms with Gasteiger partial charge in [0, 0.05) is 53.5 Å². The molecule has 100 valence electrons. The maximum atomic E-state index is 5.87. The summed E-state index contributed by atoms with van der Waals surface area (Å²) in [6.07, 6.45) is 0. The first-order chi connectivity index (χ1) is 8.66. The van der Waals surface area contributed by atoms with Gasteiger partial charge in [0.15, 0.2) is 0 Å². The number of nitrogens with zero attached hydrogens (tertiary/aromatic N) is 1. The Morgan fingerprint density at radius 1 is 1.39 bits per heavy atom. The normalized spacial score (nSPS) is 16.8. The zero-order valence-corrected chi connectivity index (χ0v) is 13.1. The molecule has 18 heavy (non-hydrogen) atoms. The molecule has 0 bridgehead atoms. The van der Waals surface area contributed by atoms with Crippen LogP contribution in [0.3, 0.4) is 0 Å². The van der Waals surface area contributed by atoms with Crippen LogP contribution >= 0.6 is 27.7 Å². The Labute approximate surface area is 122 Å². The van der Waals surface area contributed by atoms with Crippen LogP contribution in [0.4, 0.5) is 11.4 Å². The summed E-state index contributed by atoms with van der Waals surface area (Å²) < 4.78 is 1.04. The van der Waals surface area contributed by atoms with Gasteiger partial charge in [0.25, 0.3) is 0 Å². The van der Waals surface area contributed by atoms with Gasteiger partial charge >= 0.3 is 0 Å². The number of thioether (sulfide) groups is 1. The summed E-state index contributed by atoms with van der Waals surface area (Å²) >= 11 is 5.60. The maximum absolute atomic E-state index is 5.87. The van der Waals surface area contributed by atoms with E-state index < -0.39 is 0 Å². The molecule has 5 heteroatoms. The number of aryl methyl sites for hydroxylation is 1. The standard InChI is InChI=1S/C13H20BrN3S/c1-10-8-13(11(14)9-12(10)15)16-2-3-17-4-6-18-7-5-17/h8-9,16H,2-7,15H2,1H3. The number of benzene rings is 1. The fourth-order valence-electron chi connectivity index (χ4n) is 2.01. The number of nitrogens with one attached hydrogen (secondary N) is 1. The maximum Gasteiger partial charge on any atom is 0.0489 e. The van der Waals surface area contributed by atoms with Crippen LogP contribution in [0.15, 0.2) is 16.6 Å². The fraction of sp³-hybridized carbons (Fsp3) is 0.538. The van der Waals surface area contributed by atoms with Crippen molar-refractivity contribution in [2.45, 2.75) is 6.92 Å². The monoisotopic (exact) mass is 329 g/mol. The predicted molar refractivity (Wildman–Crippen MR) is 85.5 cm³/mol. The molecular weight excluding hydrogens is 310 g/mol. The van der Waals surface area contributed by atoms with Gasteiger partial charge in [-0.15, -0.1) is 0 Å². The second-order valence-electron chi connectivity index (χ2n) is 4.57. The first-order valence-corrected chi connectivity index (χ1v) is 8.21. The van der Waals surface area contributed by atoms with Gasteiger partial charge < -0.3 is 11.1 Å². The summed E-state index contributed by atoms with van der Waals surface area (Å²) in [5, 5.41) is 3.48. The van der Waals surface area contributed by atoms with E-state index in [-0.39, 0.29) is 0 Å². The summed E-state index contributed by atoms with van der Waals surface area (Å²) in [5.41, 5.74) is 8.95. The molecule has 3 N–H and O–H groups in total. The quantitative estimate of drug-likeness (QED) is 0.833. The number of halogens is 1. The number of hydrogen-bond acceptors (Lipinski definition) is 4. The topological polar surface area (TPSA) is 41.3 Å². The Morgan fingerprint density at radius 2 is 2.11 bits per heavy atom. The molecule has 1 aliphatic heterocycles. The van der Waals surface area contributed by atoms with Gasteiger partial charge in [-0.25, -0.2) is 0 Å². The highest BCUT2D eigenvalue weighted by Gasteiger charge is 2.10. The lowest BCUT2D eigenvalue weighted by Gasteiger charge is -2.26. The molecule has 0 aromatic heterocycles. The zero-order valence-electron chi connectivity index (χ0n) is 10.7. The molecule has 1 aromatic carbocycles. The van der Waals surface area contributed by atoms with Crippen molar-refractivity contribution < 1.29 is 0 Å². The van der Waals surface area contributed by atoms with E-state index in [1.165, 1.54) is 24.6 Å². The molecule has 2 rings (SSSR count). The van der Waals surface area contributed by atoms with E-state index in [4.69, 9.17) is 5.73 Å². The third kappa shape index (κ3) is 3.80. The average Bonchev–Trinajstić information content (AvgIpc) is 2.37. The van der Waals surface area contributed by atoms with Crippen molar-refractivity contribution in [3.05, 3.63) is 22.2 Å². The molecule has 0 atom stereocenters. The van der Waals surface area contributed by atoms with Crippen molar-refractivity contribution in [1.29, 1.82) is 0 Å². The van der Waals surface area contributed by atoms with E-state index in [1.807, 2.05) is 13.0 Å². The van der Waals surface area contributed by atoms with Crippen LogP contribution in [-0.2, 0) is 0 Å². The summed E-state index contributed by atoms with van der Waals surface area (Å²) in [6, 6.07) is 4.07. The number of rotatable bonds is 4. The van der Waals surface area contributed by atoms with Gasteiger partial charge in [-0.3, -0.25) is 4.90 Å². The van der Waals surface area contributed by atoms with Crippen molar-refractivity contribution in [3.8, 4) is 0 Å². The van der Waals surface area contributed by atoms with Crippen LogP contribution < -0.4 is 11.1 Å². The molecule has 1 aliphatic rings. The van der Waals surface area contributed by atoms with Crippen molar-refractivity contribution >= 4 is 39.1 Å². The number of anilines is 2. The average molecular weight is 330 g/mol. The first kappa shape index (κ1) is 14.0. The Bertz CT molecular complexity index is 405. The smallest absolute Gasteiger partial charge is 0.0489 e. The highest BCUT2D eigenvalue weighted by Crippen LogP contribution is 2.27. The molecule has 0 radical (unpaired) electrons. The zero-order chi connectivity index (χ0) is 13.0. The summed E-state index contributed by atoms with van der Waals surface area (Å²) in [6.45, 7) is 6.56. The van der Waals surface area contributed by atoms with Crippen LogP contribution in [0.25, 0.3) is 0 Å². The van der Waals surface area contributed by atoms with E-state index >= 15 is 0 Å². The lowest BCUT2D eigenvalue weighted by molar-refractivity contribution is 0.314. The van der Waals surface area contributed by atoms with Crippen molar-refractivity contribution in [2.24, 2.45) is 0 Å². The number of nitrogens with two attached hydrogens (primary N) is 1. The van der Waals surface area contributed by atoms with Crippen LogP contribution in [0.1, 0.15) is 5.56 Å². The minimum absolute atomic E-state index is 0.834. The first-order valence-electron chi connectivity index (χ1n) is 6.26. The molecular formula is C13H20BrN3S. The van der Waals surface area contributed by atoms with Crippen LogP contribution in [0, 0.1) is 6.92 Å². The van der Waals surface area contributed by atoms with E-state index in [2.05, 4.69) is 44.0 Å². The second kappa shape index (κ2) is 6.68. The second-order valence-corrected chi connectivity index (χ2v) is 6.65. The Kier molecular flexibility index (Phi) is 5.21. The van der Waals surface area contributed by atoms with Gasteiger partial charge in [0.2, 0.25) is 0 Å². The Hall–Kier alpha value is -0.390. The molecule has 1 fully saturated rings. The van der Waals surface area contributed by atoms with Crippen molar-refractivity contribution in [3.63, 3.8) is 0 Å². The fourth-order valence-corrected chi connectivity index (χ4v) is 3.49. The van der Waals surface area contributed by atoms with Gasteiger partial charge in [-0.05, 0) is 40.5 Å². The molecule has 0 spiro atoms. The largest absolute Gasteiger partial charge is 0.398 e. The predicted octanol–water partition coefficient (Wildman–Crippen LogP) is 2.80. The SMILES string of the molecule is Cc1cc(NCCN2CCSCC2)c(Br)cc1N. The molecule has 0 amide bonds. The lowest BCUT2D eigenvalue weighted by atomic mass is 10.2. The molecule has 0 unspecified atom stereocenters. The van der Waals surface area contributed by atoms with Gasteiger partial charge in [0.05, 0.1) is 0 Å². The van der Waals surface area contributed by atoms with E-state index in [0.29, 0.717) is 0 Å². The summed E-state index contributed by atoms with van der Waals surface area (Å²) in [5.74, 6) is 2.54. The Balaban J connectivity index is 1.84. The van der Waals surface area contributed by atoms with E-state index in [0.717, 1.165) is 34.5 Å². The third-order valence-corrected chi connectivity index (χ3v) is 4.80. The van der Waals surface area contributed by atoms with Crippen molar-refractivity contribution in [2.75, 3.05) is 48.7 Å². The van der Waals surface area contributed by atoms with Crippen LogP contribution in [0.2, 0.25) is 0 Å². The molecule has 0 saturated carbocycles. The van der Waals surface area contributed by atoms with Crippen LogP contribution in [0.5, 0.6) is 0 Å². The minimum atomic E-state index is 0.834. The molecule has 3 nitrogen and oxygen atoms in total. The third-order valence-electron chi connectivity index (χ3n) is 3.20. The lowest BCUT2D eigenvalue weighted by Crippen LogP contribution is -2.36. The molecule has 0 aliphatic carbocycles. The molecule has 1 saturated heterocycles. The molecule has 1 heterocycles. The minimum Gasteiger partial charge on any atom is -0.398 e. The molecule has 1 aromatic rings. The Morgan fingerprint density at radius 3 is 2.83 bits per heavy atom. The summed E-state index contributed by atoms with van der Waals surface area (Å²) in [7, 11) is 0. The van der Waals surface area contributed by atoms with Crippen molar-refractivity contribution in [1.82, 2.24) is 4.90 Å². The number of nitrogen functional groups attached to an aromatic ring is 1. The van der Waals surface area contributed by atoms with Gasteiger partial charge in [-0.1, -0.05) is 0 Å². The van der Waals surface area contributed by atoms with Gasteiger partial charge in [0.1, 0.15) is 0 Å². The highest BCUT2D eigenvalue weighted by atomic mass is 79.9. The van der Waals surface area contributed by atoms with E-state index in [9.17, 15) is 0 Å². The highest BCUT2D eigenvalue weighted by molar-refractivity contribution is 9.10. The van der Waals surface area contributed by atoms with Crippen LogP contribution in [-0.4, -0.2) is 42.6 Å².